The molecule has 1 aliphatic carbocycles. The van der Waals surface area contributed by atoms with Gasteiger partial charge in [0.15, 0.2) is 5.76 Å². The van der Waals surface area contributed by atoms with Gasteiger partial charge in [-0.2, -0.15) is 0 Å². The molecule has 1 aromatic carbocycles. The third-order valence-electron chi connectivity index (χ3n) is 3.63. The second kappa shape index (κ2) is 6.78. The number of sulfonamides is 1. The third-order valence-corrected chi connectivity index (χ3v) is 5.18. The first-order chi connectivity index (χ1) is 10.1. The Bertz CT molecular complexity index is 715. The van der Waals surface area contributed by atoms with Crippen LogP contribution in [0.3, 0.4) is 0 Å². The van der Waals surface area contributed by atoms with Crippen molar-refractivity contribution < 1.29 is 12.9 Å². The smallest absolute Gasteiger partial charge is 0.241 e. The summed E-state index contributed by atoms with van der Waals surface area (Å²) in [5, 5.41) is 3.63. The summed E-state index contributed by atoms with van der Waals surface area (Å²) in [5.74, 6) is 0.772. The van der Waals surface area contributed by atoms with Crippen LogP contribution in [0.2, 0.25) is 0 Å². The molecule has 1 heterocycles. The minimum Gasteiger partial charge on any atom is -0.356 e. The molecule has 1 fully saturated rings. The zero-order valence-corrected chi connectivity index (χ0v) is 13.4. The van der Waals surface area contributed by atoms with Crippen LogP contribution in [0.1, 0.15) is 12.8 Å². The van der Waals surface area contributed by atoms with E-state index in [2.05, 4.69) is 9.88 Å². The van der Waals surface area contributed by atoms with E-state index in [1.54, 1.807) is 30.3 Å². The van der Waals surface area contributed by atoms with E-state index in [1.807, 2.05) is 0 Å². The second-order valence-corrected chi connectivity index (χ2v) is 6.86. The normalized spacial score (nSPS) is 16.0. The first-order valence-corrected chi connectivity index (χ1v) is 8.32. The SMILES string of the molecule is Cl.NCC(NS(=O)(=O)c1ccccc1-c1ccno1)C1CC1. The van der Waals surface area contributed by atoms with Gasteiger partial charge in [-0.1, -0.05) is 17.3 Å². The van der Waals surface area contributed by atoms with E-state index in [4.69, 9.17) is 10.3 Å². The van der Waals surface area contributed by atoms with Gasteiger partial charge in [0.1, 0.15) is 0 Å². The molecule has 8 heteroatoms. The van der Waals surface area contributed by atoms with Crippen LogP contribution in [0, 0.1) is 5.92 Å². The van der Waals surface area contributed by atoms with Gasteiger partial charge < -0.3 is 10.3 Å². The molecule has 1 atom stereocenters. The van der Waals surface area contributed by atoms with Gasteiger partial charge in [-0.3, -0.25) is 0 Å². The van der Waals surface area contributed by atoms with Crippen molar-refractivity contribution in [2.75, 3.05) is 6.54 Å². The van der Waals surface area contributed by atoms with E-state index in [0.29, 0.717) is 23.8 Å². The maximum absolute atomic E-state index is 12.6. The van der Waals surface area contributed by atoms with E-state index in [9.17, 15) is 8.42 Å². The highest BCUT2D eigenvalue weighted by molar-refractivity contribution is 7.89. The number of rotatable bonds is 6. The highest BCUT2D eigenvalue weighted by atomic mass is 35.5. The Morgan fingerprint density at radius 3 is 2.64 bits per heavy atom. The van der Waals surface area contributed by atoms with Crippen LogP contribution in [0.15, 0.2) is 45.9 Å². The number of nitrogens with two attached hydrogens (primary N) is 1. The lowest BCUT2D eigenvalue weighted by Crippen LogP contribution is -2.41. The van der Waals surface area contributed by atoms with Gasteiger partial charge >= 0.3 is 0 Å². The molecule has 22 heavy (non-hydrogen) atoms. The molecule has 0 saturated heterocycles. The fourth-order valence-electron chi connectivity index (χ4n) is 2.36. The summed E-state index contributed by atoms with van der Waals surface area (Å²) in [6.07, 6.45) is 3.53. The molecule has 0 amide bonds. The minimum absolute atomic E-state index is 0. The highest BCUT2D eigenvalue weighted by Gasteiger charge is 2.34. The first-order valence-electron chi connectivity index (χ1n) is 6.84. The first kappa shape index (κ1) is 17.0. The van der Waals surface area contributed by atoms with Gasteiger partial charge in [0.2, 0.25) is 10.0 Å². The molecule has 0 radical (unpaired) electrons. The van der Waals surface area contributed by atoms with Gasteiger partial charge in [0.25, 0.3) is 0 Å². The van der Waals surface area contributed by atoms with Crippen molar-refractivity contribution in [1.29, 1.82) is 0 Å². The van der Waals surface area contributed by atoms with Crippen LogP contribution >= 0.6 is 12.4 Å². The van der Waals surface area contributed by atoms with E-state index in [0.717, 1.165) is 12.8 Å². The second-order valence-electron chi connectivity index (χ2n) is 5.17. The van der Waals surface area contributed by atoms with E-state index in [1.165, 1.54) is 6.20 Å². The zero-order chi connectivity index (χ0) is 14.9. The van der Waals surface area contributed by atoms with E-state index < -0.39 is 10.0 Å². The highest BCUT2D eigenvalue weighted by Crippen LogP contribution is 2.34. The van der Waals surface area contributed by atoms with Crippen molar-refractivity contribution in [1.82, 2.24) is 9.88 Å². The molecule has 0 bridgehead atoms. The lowest BCUT2D eigenvalue weighted by Gasteiger charge is -2.17. The van der Waals surface area contributed by atoms with Crippen molar-refractivity contribution in [3.05, 3.63) is 36.5 Å². The quantitative estimate of drug-likeness (QED) is 0.833. The summed E-state index contributed by atoms with van der Waals surface area (Å²) in [4.78, 5) is 0.181. The number of benzene rings is 1. The number of hydrogen-bond acceptors (Lipinski definition) is 5. The monoisotopic (exact) mass is 343 g/mol. The largest absolute Gasteiger partial charge is 0.356 e. The lowest BCUT2D eigenvalue weighted by molar-refractivity contribution is 0.431. The van der Waals surface area contributed by atoms with Gasteiger partial charge in [-0.05, 0) is 30.9 Å². The average Bonchev–Trinajstić information content (AvgIpc) is 3.19. The van der Waals surface area contributed by atoms with Crippen LogP contribution in [0.25, 0.3) is 11.3 Å². The molecule has 3 N–H and O–H groups in total. The fraction of sp³-hybridized carbons (Fsp3) is 0.357. The number of halogens is 1. The molecule has 0 aliphatic heterocycles. The molecule has 6 nitrogen and oxygen atoms in total. The van der Waals surface area contributed by atoms with Crippen molar-refractivity contribution in [3.63, 3.8) is 0 Å². The molecule has 120 valence electrons. The predicted octanol–water partition coefficient (Wildman–Crippen LogP) is 1.78. The number of nitrogens with one attached hydrogen (secondary N) is 1. The average molecular weight is 344 g/mol. The summed E-state index contributed by atoms with van der Waals surface area (Å²) in [5.41, 5.74) is 6.17. The Hall–Kier alpha value is -1.41. The summed E-state index contributed by atoms with van der Waals surface area (Å²) in [6.45, 7) is 0.300. The summed E-state index contributed by atoms with van der Waals surface area (Å²) >= 11 is 0. The van der Waals surface area contributed by atoms with E-state index in [-0.39, 0.29) is 23.3 Å². The van der Waals surface area contributed by atoms with Crippen LogP contribution in [-0.4, -0.2) is 26.2 Å². The summed E-state index contributed by atoms with van der Waals surface area (Å²) in [7, 11) is -3.65. The minimum atomic E-state index is -3.65. The molecular formula is C14H18ClN3O3S. The van der Waals surface area contributed by atoms with Crippen molar-refractivity contribution in [2.24, 2.45) is 11.7 Å². The predicted molar refractivity (Wildman–Crippen MR) is 85.1 cm³/mol. The zero-order valence-electron chi connectivity index (χ0n) is 11.8. The third kappa shape index (κ3) is 3.49. The van der Waals surface area contributed by atoms with Crippen LogP contribution in [0.4, 0.5) is 0 Å². The molecule has 1 saturated carbocycles. The molecule has 1 aromatic heterocycles. The van der Waals surface area contributed by atoms with Gasteiger partial charge in [0, 0.05) is 24.2 Å². The van der Waals surface area contributed by atoms with Gasteiger partial charge in [0.05, 0.1) is 11.1 Å². The van der Waals surface area contributed by atoms with Crippen LogP contribution in [0.5, 0.6) is 0 Å². The number of aromatic nitrogens is 1. The Balaban J connectivity index is 0.00000176. The molecular weight excluding hydrogens is 326 g/mol. The molecule has 1 aliphatic rings. The number of hydrogen-bond donors (Lipinski definition) is 2. The Morgan fingerprint density at radius 2 is 2.05 bits per heavy atom. The summed E-state index contributed by atoms with van der Waals surface area (Å²) < 4.78 is 33.0. The van der Waals surface area contributed by atoms with Crippen molar-refractivity contribution >= 4 is 22.4 Å². The van der Waals surface area contributed by atoms with Crippen LogP contribution in [-0.2, 0) is 10.0 Å². The molecule has 0 spiro atoms. The topological polar surface area (TPSA) is 98.2 Å². The Kier molecular flexibility index (Phi) is 5.23. The standard InChI is InChI=1S/C14H17N3O3S.ClH/c15-9-12(10-5-6-10)17-21(18,19)14-4-2-1-3-11(14)13-7-8-16-20-13;/h1-4,7-8,10,12,17H,5-6,9,15H2;1H. The maximum atomic E-state index is 12.6. The van der Waals surface area contributed by atoms with Gasteiger partial charge in [-0.15, -0.1) is 12.4 Å². The Labute approximate surface area is 135 Å². The maximum Gasteiger partial charge on any atom is 0.241 e. The Morgan fingerprint density at radius 1 is 1.32 bits per heavy atom. The van der Waals surface area contributed by atoms with Gasteiger partial charge in [-0.25, -0.2) is 13.1 Å². The van der Waals surface area contributed by atoms with Crippen molar-refractivity contribution in [2.45, 2.75) is 23.8 Å². The van der Waals surface area contributed by atoms with E-state index >= 15 is 0 Å². The fourth-order valence-corrected chi connectivity index (χ4v) is 3.89. The molecule has 2 aromatic rings. The molecule has 1 unspecified atom stereocenters. The molecule has 3 rings (SSSR count). The lowest BCUT2D eigenvalue weighted by atomic mass is 10.2. The van der Waals surface area contributed by atoms with Crippen LogP contribution < -0.4 is 10.5 Å². The summed E-state index contributed by atoms with van der Waals surface area (Å²) in [6, 6.07) is 8.12. The van der Waals surface area contributed by atoms with Crippen molar-refractivity contribution in [3.8, 4) is 11.3 Å². The number of nitrogens with zero attached hydrogens (tertiary/aromatic N) is 1.